The van der Waals surface area contributed by atoms with Crippen molar-refractivity contribution in [1.82, 2.24) is 10.4 Å². The maximum atomic E-state index is 12.9. The molecule has 3 rings (SSSR count). The van der Waals surface area contributed by atoms with Crippen molar-refractivity contribution in [3.05, 3.63) is 69.7 Å². The predicted molar refractivity (Wildman–Crippen MR) is 114 cm³/mol. The van der Waals surface area contributed by atoms with Crippen LogP contribution in [0.15, 0.2) is 53.0 Å². The van der Waals surface area contributed by atoms with E-state index in [1.54, 1.807) is 57.2 Å². The summed E-state index contributed by atoms with van der Waals surface area (Å²) in [6.07, 6.45) is -0.761. The van der Waals surface area contributed by atoms with E-state index < -0.39 is 35.5 Å². The lowest BCUT2D eigenvalue weighted by atomic mass is 10.1. The average molecular weight is 489 g/mol. The minimum Gasteiger partial charge on any atom is -0.444 e. The van der Waals surface area contributed by atoms with Gasteiger partial charge < -0.3 is 14.9 Å². The van der Waals surface area contributed by atoms with E-state index in [2.05, 4.69) is 21.2 Å². The molecule has 8 nitrogen and oxygen atoms in total. The highest BCUT2D eigenvalue weighted by Gasteiger charge is 2.40. The van der Waals surface area contributed by atoms with E-state index in [0.717, 1.165) is 10.0 Å². The zero-order valence-electron chi connectivity index (χ0n) is 17.2. The Morgan fingerprint density at radius 2 is 1.55 bits per heavy atom. The van der Waals surface area contributed by atoms with Gasteiger partial charge in [-0.2, -0.15) is 0 Å². The standard InChI is InChI=1S/C22H21BrN2O6/c1-22(2,3)30-21(29)24-17(12-13-8-10-14(23)11-9-13)20(28)31-25-18(26)15-6-4-5-7-16(15)19(25)27/h4-11,17H,12H2,1-3H3,(H,24,29). The Morgan fingerprint density at radius 3 is 2.06 bits per heavy atom. The van der Waals surface area contributed by atoms with E-state index in [0.29, 0.717) is 5.06 Å². The summed E-state index contributed by atoms with van der Waals surface area (Å²) in [7, 11) is 0. The van der Waals surface area contributed by atoms with E-state index in [-0.39, 0.29) is 17.5 Å². The van der Waals surface area contributed by atoms with Crippen molar-refractivity contribution in [3.63, 3.8) is 0 Å². The predicted octanol–water partition coefficient (Wildman–Crippen LogP) is 3.64. The number of imide groups is 1. The van der Waals surface area contributed by atoms with E-state index >= 15 is 0 Å². The number of fused-ring (bicyclic) bond motifs is 1. The molecule has 0 saturated carbocycles. The Bertz CT molecular complexity index is 994. The lowest BCUT2D eigenvalue weighted by Crippen LogP contribution is -2.48. The summed E-state index contributed by atoms with van der Waals surface area (Å²) >= 11 is 3.34. The molecule has 1 atom stereocenters. The molecule has 0 saturated heterocycles. The van der Waals surface area contributed by atoms with Gasteiger partial charge in [-0.3, -0.25) is 9.59 Å². The number of hydroxylamine groups is 2. The van der Waals surface area contributed by atoms with Gasteiger partial charge in [0.05, 0.1) is 11.1 Å². The van der Waals surface area contributed by atoms with Crippen LogP contribution in [0, 0.1) is 0 Å². The van der Waals surface area contributed by atoms with Crippen LogP contribution in [0.5, 0.6) is 0 Å². The van der Waals surface area contributed by atoms with Gasteiger partial charge in [-0.1, -0.05) is 45.3 Å². The van der Waals surface area contributed by atoms with Crippen LogP contribution in [0.25, 0.3) is 0 Å². The molecule has 1 unspecified atom stereocenters. The summed E-state index contributed by atoms with van der Waals surface area (Å²) in [5.74, 6) is -2.45. The fraction of sp³-hybridized carbons (Fsp3) is 0.273. The molecule has 0 aliphatic carbocycles. The molecule has 1 aliphatic heterocycles. The fourth-order valence-corrected chi connectivity index (χ4v) is 3.17. The Kier molecular flexibility index (Phi) is 6.45. The van der Waals surface area contributed by atoms with Crippen LogP contribution in [-0.4, -0.2) is 40.6 Å². The van der Waals surface area contributed by atoms with Crippen molar-refractivity contribution < 1.29 is 28.8 Å². The van der Waals surface area contributed by atoms with Gasteiger partial charge in [0.25, 0.3) is 11.8 Å². The number of nitrogens with zero attached hydrogens (tertiary/aromatic N) is 1. The molecule has 0 fully saturated rings. The Balaban J connectivity index is 1.78. The highest BCUT2D eigenvalue weighted by atomic mass is 79.9. The topological polar surface area (TPSA) is 102 Å². The van der Waals surface area contributed by atoms with Gasteiger partial charge >= 0.3 is 12.1 Å². The number of alkyl carbamates (subject to hydrolysis) is 1. The second-order valence-corrected chi connectivity index (χ2v) is 8.81. The maximum Gasteiger partial charge on any atom is 0.408 e. The van der Waals surface area contributed by atoms with Crippen LogP contribution in [0.2, 0.25) is 0 Å². The number of benzene rings is 2. The third-order valence-electron chi connectivity index (χ3n) is 4.27. The van der Waals surface area contributed by atoms with Gasteiger partial charge in [-0.15, -0.1) is 0 Å². The van der Waals surface area contributed by atoms with E-state index in [9.17, 15) is 19.2 Å². The van der Waals surface area contributed by atoms with E-state index in [1.165, 1.54) is 12.1 Å². The molecule has 0 aromatic heterocycles. The van der Waals surface area contributed by atoms with Gasteiger partial charge in [0.1, 0.15) is 11.6 Å². The van der Waals surface area contributed by atoms with Crippen molar-refractivity contribution in [3.8, 4) is 0 Å². The molecule has 2 aromatic carbocycles. The third kappa shape index (κ3) is 5.49. The number of nitrogens with one attached hydrogen (secondary N) is 1. The minimum atomic E-state index is -1.19. The summed E-state index contributed by atoms with van der Waals surface area (Å²) in [5, 5.41) is 2.88. The summed E-state index contributed by atoms with van der Waals surface area (Å²) in [4.78, 5) is 55.2. The van der Waals surface area contributed by atoms with Crippen LogP contribution in [0.4, 0.5) is 4.79 Å². The average Bonchev–Trinajstić information content (AvgIpc) is 2.93. The number of hydrogen-bond donors (Lipinski definition) is 1. The first kappa shape index (κ1) is 22.5. The van der Waals surface area contributed by atoms with E-state index in [1.807, 2.05) is 0 Å². The third-order valence-corrected chi connectivity index (χ3v) is 4.80. The van der Waals surface area contributed by atoms with Gasteiger partial charge in [0.2, 0.25) is 0 Å². The fourth-order valence-electron chi connectivity index (χ4n) is 2.90. The molecule has 1 N–H and O–H groups in total. The van der Waals surface area contributed by atoms with Crippen LogP contribution in [0.1, 0.15) is 47.1 Å². The largest absolute Gasteiger partial charge is 0.444 e. The summed E-state index contributed by atoms with van der Waals surface area (Å²) in [5.41, 5.74) is 0.233. The smallest absolute Gasteiger partial charge is 0.408 e. The molecule has 162 valence electrons. The second-order valence-electron chi connectivity index (χ2n) is 7.89. The van der Waals surface area contributed by atoms with Gasteiger partial charge in [0, 0.05) is 10.9 Å². The van der Waals surface area contributed by atoms with Crippen molar-refractivity contribution >= 4 is 39.8 Å². The molecule has 0 spiro atoms. The number of hydrogen-bond acceptors (Lipinski definition) is 6. The molecule has 9 heteroatoms. The first-order valence-electron chi connectivity index (χ1n) is 9.49. The van der Waals surface area contributed by atoms with Gasteiger partial charge in [-0.05, 0) is 50.6 Å². The summed E-state index contributed by atoms with van der Waals surface area (Å²) in [6.45, 7) is 5.06. The monoisotopic (exact) mass is 488 g/mol. The lowest BCUT2D eigenvalue weighted by Gasteiger charge is -2.23. The van der Waals surface area contributed by atoms with Crippen molar-refractivity contribution in [2.45, 2.75) is 38.8 Å². The zero-order chi connectivity index (χ0) is 22.8. The Morgan fingerprint density at radius 1 is 1.00 bits per heavy atom. The molecule has 2 aromatic rings. The van der Waals surface area contributed by atoms with Crippen LogP contribution >= 0.6 is 15.9 Å². The molecule has 0 radical (unpaired) electrons. The second kappa shape index (κ2) is 8.89. The summed E-state index contributed by atoms with van der Waals surface area (Å²) < 4.78 is 6.07. The highest BCUT2D eigenvalue weighted by molar-refractivity contribution is 9.10. The molecule has 1 heterocycles. The molecule has 1 aliphatic rings. The highest BCUT2D eigenvalue weighted by Crippen LogP contribution is 2.23. The number of ether oxygens (including phenoxy) is 1. The minimum absolute atomic E-state index is 0.0640. The SMILES string of the molecule is CC(C)(C)OC(=O)NC(Cc1ccc(Br)cc1)C(=O)ON1C(=O)c2ccccc2C1=O. The molecular weight excluding hydrogens is 468 g/mol. The van der Waals surface area contributed by atoms with Crippen molar-refractivity contribution in [2.75, 3.05) is 0 Å². The van der Waals surface area contributed by atoms with Crippen LogP contribution in [-0.2, 0) is 20.8 Å². The Hall–Kier alpha value is -3.20. The number of carbonyl (C=O) groups is 4. The number of halogens is 1. The number of rotatable bonds is 5. The molecule has 0 bridgehead atoms. The molecular formula is C22H21BrN2O6. The first-order chi connectivity index (χ1) is 14.5. The van der Waals surface area contributed by atoms with Crippen molar-refractivity contribution in [1.29, 1.82) is 0 Å². The Labute approximate surface area is 187 Å². The quantitative estimate of drug-likeness (QED) is 0.644. The van der Waals surface area contributed by atoms with Crippen LogP contribution < -0.4 is 5.32 Å². The van der Waals surface area contributed by atoms with Gasteiger partial charge in [-0.25, -0.2) is 9.59 Å². The summed E-state index contributed by atoms with van der Waals surface area (Å²) in [6, 6.07) is 12.1. The van der Waals surface area contributed by atoms with Crippen LogP contribution in [0.3, 0.4) is 0 Å². The first-order valence-corrected chi connectivity index (χ1v) is 10.3. The normalized spacial score (nSPS) is 14.1. The zero-order valence-corrected chi connectivity index (χ0v) is 18.8. The number of amides is 3. The maximum absolute atomic E-state index is 12.9. The lowest BCUT2D eigenvalue weighted by molar-refractivity contribution is -0.171. The van der Waals surface area contributed by atoms with Gasteiger partial charge in [0.15, 0.2) is 0 Å². The van der Waals surface area contributed by atoms with Crippen molar-refractivity contribution in [2.24, 2.45) is 0 Å². The van der Waals surface area contributed by atoms with E-state index in [4.69, 9.17) is 9.57 Å². The molecule has 31 heavy (non-hydrogen) atoms. The number of carbonyl (C=O) groups excluding carboxylic acids is 4. The molecule has 3 amide bonds.